The third kappa shape index (κ3) is 3.51. The van der Waals surface area contributed by atoms with Gasteiger partial charge >= 0.3 is 0 Å². The molecule has 2 rings (SSSR count). The highest BCUT2D eigenvalue weighted by Crippen LogP contribution is 2.36. The zero-order valence-corrected chi connectivity index (χ0v) is 13.1. The predicted molar refractivity (Wildman–Crippen MR) is 82.3 cm³/mol. The van der Waals surface area contributed by atoms with Crippen molar-refractivity contribution in [3.63, 3.8) is 0 Å². The number of aryl methyl sites for hydroxylation is 2. The van der Waals surface area contributed by atoms with Gasteiger partial charge in [-0.2, -0.15) is 0 Å². The molecule has 0 aromatic carbocycles. The molecule has 3 nitrogen and oxygen atoms in total. The number of aromatic nitrogens is 1. The normalized spacial score (nSPS) is 17.8. The van der Waals surface area contributed by atoms with Crippen LogP contribution < -0.4 is 5.32 Å². The van der Waals surface area contributed by atoms with Gasteiger partial charge in [-0.3, -0.25) is 9.78 Å². The molecule has 1 N–H and O–H groups in total. The fourth-order valence-corrected chi connectivity index (χ4v) is 3.31. The van der Waals surface area contributed by atoms with Gasteiger partial charge in [-0.1, -0.05) is 19.3 Å². The zero-order chi connectivity index (χ0) is 14.6. The van der Waals surface area contributed by atoms with Gasteiger partial charge in [0.1, 0.15) is 0 Å². The van der Waals surface area contributed by atoms with Crippen LogP contribution in [-0.2, 0) is 0 Å². The molecule has 1 aromatic heterocycles. The summed E-state index contributed by atoms with van der Waals surface area (Å²) in [4.78, 5) is 16.6. The molecule has 110 valence electrons. The van der Waals surface area contributed by atoms with Crippen molar-refractivity contribution in [3.8, 4) is 0 Å². The van der Waals surface area contributed by atoms with Crippen LogP contribution in [0.1, 0.15) is 53.8 Å². The van der Waals surface area contributed by atoms with Crippen molar-refractivity contribution in [1.82, 2.24) is 10.3 Å². The van der Waals surface area contributed by atoms with Crippen LogP contribution in [0.15, 0.2) is 12.1 Å². The average Bonchev–Trinajstić information content (AvgIpc) is 2.46. The number of halogens is 1. The molecule has 1 aliphatic carbocycles. The van der Waals surface area contributed by atoms with Gasteiger partial charge in [0.15, 0.2) is 0 Å². The Morgan fingerprint density at radius 1 is 1.30 bits per heavy atom. The Bertz CT molecular complexity index is 481. The van der Waals surface area contributed by atoms with Crippen molar-refractivity contribution in [1.29, 1.82) is 0 Å². The third-order valence-electron chi connectivity index (χ3n) is 4.29. The maximum Gasteiger partial charge on any atom is 0.253 e. The molecule has 1 aromatic rings. The molecule has 0 atom stereocenters. The molecule has 0 radical (unpaired) electrons. The molecule has 0 spiro atoms. The summed E-state index contributed by atoms with van der Waals surface area (Å²) >= 11 is 6.15. The van der Waals surface area contributed by atoms with Crippen molar-refractivity contribution in [3.05, 3.63) is 29.1 Å². The maximum atomic E-state index is 12.3. The Morgan fingerprint density at radius 2 is 2.00 bits per heavy atom. The Labute approximate surface area is 126 Å². The van der Waals surface area contributed by atoms with Crippen molar-refractivity contribution in [2.75, 3.05) is 12.4 Å². The van der Waals surface area contributed by atoms with Crippen molar-refractivity contribution in [2.24, 2.45) is 5.41 Å². The minimum atomic E-state index is -0.0370. The molecular weight excluding hydrogens is 272 g/mol. The smallest absolute Gasteiger partial charge is 0.253 e. The van der Waals surface area contributed by atoms with Gasteiger partial charge in [0.2, 0.25) is 0 Å². The third-order valence-corrected chi connectivity index (χ3v) is 4.86. The van der Waals surface area contributed by atoms with Gasteiger partial charge in [-0.05, 0) is 38.8 Å². The zero-order valence-electron chi connectivity index (χ0n) is 12.3. The highest BCUT2D eigenvalue weighted by Gasteiger charge is 2.31. The molecule has 1 amide bonds. The van der Waals surface area contributed by atoms with Gasteiger partial charge in [0.25, 0.3) is 5.91 Å². The van der Waals surface area contributed by atoms with E-state index in [0.29, 0.717) is 18.0 Å². The van der Waals surface area contributed by atoms with Crippen LogP contribution in [0.5, 0.6) is 0 Å². The second-order valence-electron chi connectivity index (χ2n) is 5.96. The van der Waals surface area contributed by atoms with Gasteiger partial charge in [-0.25, -0.2) is 0 Å². The lowest BCUT2D eigenvalue weighted by Gasteiger charge is -2.35. The number of alkyl halides is 1. The van der Waals surface area contributed by atoms with Crippen LogP contribution in [0.3, 0.4) is 0 Å². The first-order chi connectivity index (χ1) is 9.56. The number of carbonyl (C=O) groups excluding carboxylic acids is 1. The maximum absolute atomic E-state index is 12.3. The summed E-state index contributed by atoms with van der Waals surface area (Å²) in [5.74, 6) is 0.586. The lowest BCUT2D eigenvalue weighted by atomic mass is 9.75. The van der Waals surface area contributed by atoms with Crippen LogP contribution in [0, 0.1) is 19.3 Å². The fourth-order valence-electron chi connectivity index (χ4n) is 2.95. The lowest BCUT2D eigenvalue weighted by Crippen LogP contribution is -2.40. The molecular formula is C16H23ClN2O. The van der Waals surface area contributed by atoms with Gasteiger partial charge < -0.3 is 5.32 Å². The highest BCUT2D eigenvalue weighted by atomic mass is 35.5. The summed E-state index contributed by atoms with van der Waals surface area (Å²) in [5, 5.41) is 3.06. The SMILES string of the molecule is Cc1ccc(C(=O)NCC2(CCl)CCCCC2)c(C)n1. The van der Waals surface area contributed by atoms with E-state index in [1.54, 1.807) is 0 Å². The van der Waals surface area contributed by atoms with Crippen LogP contribution >= 0.6 is 11.6 Å². The molecule has 0 saturated heterocycles. The first-order valence-corrected chi connectivity index (χ1v) is 7.88. The molecule has 1 aliphatic rings. The number of pyridine rings is 1. The summed E-state index contributed by atoms with van der Waals surface area (Å²) in [6, 6.07) is 3.72. The largest absolute Gasteiger partial charge is 0.351 e. The lowest BCUT2D eigenvalue weighted by molar-refractivity contribution is 0.0920. The average molecular weight is 295 g/mol. The summed E-state index contributed by atoms with van der Waals surface area (Å²) in [5.41, 5.74) is 2.47. The fraction of sp³-hybridized carbons (Fsp3) is 0.625. The first-order valence-electron chi connectivity index (χ1n) is 7.35. The van der Waals surface area contributed by atoms with Gasteiger partial charge in [0.05, 0.1) is 11.3 Å². The minimum Gasteiger partial charge on any atom is -0.351 e. The van der Waals surface area contributed by atoms with Crippen molar-refractivity contribution < 1.29 is 4.79 Å². The topological polar surface area (TPSA) is 42.0 Å². The molecule has 20 heavy (non-hydrogen) atoms. The summed E-state index contributed by atoms with van der Waals surface area (Å²) in [6.45, 7) is 4.47. The summed E-state index contributed by atoms with van der Waals surface area (Å²) in [7, 11) is 0. The van der Waals surface area contributed by atoms with E-state index in [9.17, 15) is 4.79 Å². The monoisotopic (exact) mass is 294 g/mol. The number of carbonyl (C=O) groups is 1. The molecule has 0 unspecified atom stereocenters. The van der Waals surface area contributed by atoms with Crippen molar-refractivity contribution >= 4 is 17.5 Å². The van der Waals surface area contributed by atoms with E-state index in [1.165, 1.54) is 19.3 Å². The van der Waals surface area contributed by atoms with Crippen LogP contribution in [0.2, 0.25) is 0 Å². The van der Waals surface area contributed by atoms with E-state index in [2.05, 4.69) is 10.3 Å². The van der Waals surface area contributed by atoms with Gasteiger partial charge in [-0.15, -0.1) is 11.6 Å². The van der Waals surface area contributed by atoms with E-state index < -0.39 is 0 Å². The Morgan fingerprint density at radius 3 is 2.60 bits per heavy atom. The number of rotatable bonds is 4. The van der Waals surface area contributed by atoms with E-state index in [4.69, 9.17) is 11.6 Å². The Hall–Kier alpha value is -1.09. The molecule has 1 saturated carbocycles. The number of nitrogens with zero attached hydrogens (tertiary/aromatic N) is 1. The Kier molecular flexibility index (Phi) is 5.03. The molecule has 1 heterocycles. The van der Waals surface area contributed by atoms with Crippen LogP contribution in [0.4, 0.5) is 0 Å². The molecule has 0 bridgehead atoms. The number of nitrogens with one attached hydrogen (secondary N) is 1. The van der Waals surface area contributed by atoms with Crippen molar-refractivity contribution in [2.45, 2.75) is 46.0 Å². The summed E-state index contributed by atoms with van der Waals surface area (Å²) < 4.78 is 0. The quantitative estimate of drug-likeness (QED) is 0.862. The summed E-state index contributed by atoms with van der Waals surface area (Å²) in [6.07, 6.45) is 5.94. The molecule has 4 heteroatoms. The predicted octanol–water partition coefficient (Wildman–Crippen LogP) is 3.62. The highest BCUT2D eigenvalue weighted by molar-refractivity contribution is 6.18. The second-order valence-corrected chi connectivity index (χ2v) is 6.23. The van der Waals surface area contributed by atoms with Crippen LogP contribution in [0.25, 0.3) is 0 Å². The number of amides is 1. The second kappa shape index (κ2) is 6.57. The van der Waals surface area contributed by atoms with Crippen LogP contribution in [-0.4, -0.2) is 23.3 Å². The first kappa shape index (κ1) is 15.3. The van der Waals surface area contributed by atoms with E-state index in [0.717, 1.165) is 24.2 Å². The van der Waals surface area contributed by atoms with Gasteiger partial charge in [0, 0.05) is 23.5 Å². The molecule has 1 fully saturated rings. The van der Waals surface area contributed by atoms with E-state index in [-0.39, 0.29) is 11.3 Å². The number of hydrogen-bond acceptors (Lipinski definition) is 2. The Balaban J connectivity index is 2.00. The standard InChI is InChI=1S/C16H23ClN2O/c1-12-6-7-14(13(2)19-12)15(20)18-11-16(10-17)8-4-3-5-9-16/h6-7H,3-5,8-11H2,1-2H3,(H,18,20). The van der Waals surface area contributed by atoms with E-state index in [1.807, 2.05) is 26.0 Å². The van der Waals surface area contributed by atoms with E-state index >= 15 is 0 Å². The number of hydrogen-bond donors (Lipinski definition) is 1. The molecule has 0 aliphatic heterocycles. The minimum absolute atomic E-state index is 0.0370.